The van der Waals surface area contributed by atoms with E-state index in [4.69, 9.17) is 9.47 Å². The number of ether oxygens (including phenoxy) is 2. The van der Waals surface area contributed by atoms with Crippen LogP contribution < -0.4 is 4.74 Å². The molecular weight excluding hydrogens is 204 g/mol. The van der Waals surface area contributed by atoms with Crippen molar-refractivity contribution in [2.75, 3.05) is 13.7 Å². The SMILES string of the molecule is COCCC1(C)CC(O)c2ccccc2O1. The zero-order valence-electron chi connectivity index (χ0n) is 9.77. The van der Waals surface area contributed by atoms with E-state index in [1.54, 1.807) is 7.11 Å². The molecule has 88 valence electrons. The molecule has 2 unspecified atom stereocenters. The molecule has 0 spiro atoms. The molecule has 0 fully saturated rings. The van der Waals surface area contributed by atoms with Crippen molar-refractivity contribution in [3.05, 3.63) is 29.8 Å². The zero-order valence-corrected chi connectivity index (χ0v) is 9.77. The summed E-state index contributed by atoms with van der Waals surface area (Å²) < 4.78 is 11.0. The molecule has 0 aliphatic carbocycles. The summed E-state index contributed by atoms with van der Waals surface area (Å²) >= 11 is 0. The molecule has 1 aromatic rings. The standard InChI is InChI=1S/C13H18O3/c1-13(7-8-15-2)9-11(14)10-5-3-4-6-12(10)16-13/h3-6,11,14H,7-9H2,1-2H3. The molecule has 0 bridgehead atoms. The van der Waals surface area contributed by atoms with Gasteiger partial charge >= 0.3 is 0 Å². The predicted molar refractivity (Wildman–Crippen MR) is 61.5 cm³/mol. The van der Waals surface area contributed by atoms with E-state index in [1.807, 2.05) is 31.2 Å². The maximum atomic E-state index is 10.1. The van der Waals surface area contributed by atoms with Gasteiger partial charge in [-0.15, -0.1) is 0 Å². The Bertz CT molecular complexity index is 364. The Morgan fingerprint density at radius 2 is 2.25 bits per heavy atom. The van der Waals surface area contributed by atoms with Gasteiger partial charge in [0.05, 0.1) is 6.10 Å². The predicted octanol–water partition coefficient (Wildman–Crippen LogP) is 2.30. The number of benzene rings is 1. The molecule has 3 nitrogen and oxygen atoms in total. The molecular formula is C13H18O3. The molecule has 1 aromatic carbocycles. The summed E-state index contributed by atoms with van der Waals surface area (Å²) in [7, 11) is 1.68. The fourth-order valence-corrected chi connectivity index (χ4v) is 2.15. The highest BCUT2D eigenvalue weighted by molar-refractivity contribution is 5.37. The Morgan fingerprint density at radius 3 is 3.00 bits per heavy atom. The molecule has 1 aliphatic rings. The van der Waals surface area contributed by atoms with Crippen LogP contribution in [-0.4, -0.2) is 24.4 Å². The molecule has 1 aliphatic heterocycles. The van der Waals surface area contributed by atoms with Gasteiger partial charge in [-0.3, -0.25) is 0 Å². The van der Waals surface area contributed by atoms with Crippen molar-refractivity contribution < 1.29 is 14.6 Å². The number of aliphatic hydroxyl groups excluding tert-OH is 1. The van der Waals surface area contributed by atoms with Crippen LogP contribution in [0.2, 0.25) is 0 Å². The van der Waals surface area contributed by atoms with Crippen molar-refractivity contribution in [3.63, 3.8) is 0 Å². The first-order chi connectivity index (χ1) is 7.64. The molecule has 2 atom stereocenters. The second-order valence-electron chi connectivity index (χ2n) is 4.55. The van der Waals surface area contributed by atoms with Crippen molar-refractivity contribution in [3.8, 4) is 5.75 Å². The van der Waals surface area contributed by atoms with Crippen molar-refractivity contribution in [1.29, 1.82) is 0 Å². The van der Waals surface area contributed by atoms with E-state index < -0.39 is 6.10 Å². The normalized spacial score (nSPS) is 28.3. The van der Waals surface area contributed by atoms with Crippen molar-refractivity contribution in [2.45, 2.75) is 31.5 Å². The lowest BCUT2D eigenvalue weighted by atomic mass is 9.88. The minimum atomic E-state index is -0.438. The summed E-state index contributed by atoms with van der Waals surface area (Å²) in [6, 6.07) is 7.66. The van der Waals surface area contributed by atoms with Crippen molar-refractivity contribution >= 4 is 0 Å². The Morgan fingerprint density at radius 1 is 1.50 bits per heavy atom. The molecule has 0 amide bonds. The van der Waals surface area contributed by atoms with Crippen LogP contribution in [0.1, 0.15) is 31.4 Å². The second-order valence-corrected chi connectivity index (χ2v) is 4.55. The topological polar surface area (TPSA) is 38.7 Å². The average Bonchev–Trinajstić information content (AvgIpc) is 2.26. The first-order valence-corrected chi connectivity index (χ1v) is 5.59. The van der Waals surface area contributed by atoms with Gasteiger partial charge in [0.2, 0.25) is 0 Å². The molecule has 16 heavy (non-hydrogen) atoms. The number of aliphatic hydroxyl groups is 1. The van der Waals surface area contributed by atoms with E-state index in [0.29, 0.717) is 13.0 Å². The van der Waals surface area contributed by atoms with E-state index >= 15 is 0 Å². The molecule has 3 heteroatoms. The molecule has 0 saturated carbocycles. The van der Waals surface area contributed by atoms with Gasteiger partial charge in [-0.1, -0.05) is 18.2 Å². The van der Waals surface area contributed by atoms with Gasteiger partial charge in [-0.05, 0) is 13.0 Å². The lowest BCUT2D eigenvalue weighted by molar-refractivity contribution is -0.0202. The number of hydrogen-bond acceptors (Lipinski definition) is 3. The summed E-state index contributed by atoms with van der Waals surface area (Å²) in [6.45, 7) is 2.66. The van der Waals surface area contributed by atoms with Crippen LogP contribution in [0.3, 0.4) is 0 Å². The lowest BCUT2D eigenvalue weighted by Gasteiger charge is -2.38. The van der Waals surface area contributed by atoms with Crippen LogP contribution in [0, 0.1) is 0 Å². The molecule has 1 N–H and O–H groups in total. The molecule has 0 radical (unpaired) electrons. The second kappa shape index (κ2) is 4.44. The monoisotopic (exact) mass is 222 g/mol. The number of rotatable bonds is 3. The van der Waals surface area contributed by atoms with Crippen molar-refractivity contribution in [1.82, 2.24) is 0 Å². The van der Waals surface area contributed by atoms with E-state index in [9.17, 15) is 5.11 Å². The number of fused-ring (bicyclic) bond motifs is 1. The Hall–Kier alpha value is -1.06. The zero-order chi connectivity index (χ0) is 11.6. The van der Waals surface area contributed by atoms with Crippen LogP contribution in [0.25, 0.3) is 0 Å². The Balaban J connectivity index is 2.20. The lowest BCUT2D eigenvalue weighted by Crippen LogP contribution is -2.39. The van der Waals surface area contributed by atoms with Crippen LogP contribution in [0.4, 0.5) is 0 Å². The van der Waals surface area contributed by atoms with Gasteiger partial charge in [0.15, 0.2) is 0 Å². The highest BCUT2D eigenvalue weighted by atomic mass is 16.5. The molecule has 0 aromatic heterocycles. The minimum absolute atomic E-state index is 0.330. The molecule has 0 saturated heterocycles. The van der Waals surface area contributed by atoms with Gasteiger partial charge in [-0.2, -0.15) is 0 Å². The first-order valence-electron chi connectivity index (χ1n) is 5.59. The summed E-state index contributed by atoms with van der Waals surface area (Å²) in [4.78, 5) is 0. The van der Waals surface area contributed by atoms with E-state index in [0.717, 1.165) is 17.7 Å². The highest BCUT2D eigenvalue weighted by Crippen LogP contribution is 2.40. The van der Waals surface area contributed by atoms with Gasteiger partial charge < -0.3 is 14.6 Å². The number of hydrogen-bond donors (Lipinski definition) is 1. The van der Waals surface area contributed by atoms with Crippen molar-refractivity contribution in [2.24, 2.45) is 0 Å². The first kappa shape index (κ1) is 11.4. The van der Waals surface area contributed by atoms with Crippen LogP contribution in [0.5, 0.6) is 5.75 Å². The van der Waals surface area contributed by atoms with E-state index in [-0.39, 0.29) is 5.60 Å². The third kappa shape index (κ3) is 2.20. The number of methoxy groups -OCH3 is 1. The van der Waals surface area contributed by atoms with Gasteiger partial charge in [0, 0.05) is 32.1 Å². The van der Waals surface area contributed by atoms with E-state index in [1.165, 1.54) is 0 Å². The third-order valence-corrected chi connectivity index (χ3v) is 3.09. The summed E-state index contributed by atoms with van der Waals surface area (Å²) in [6.07, 6.45) is 0.967. The summed E-state index contributed by atoms with van der Waals surface area (Å²) in [5, 5.41) is 10.1. The Labute approximate surface area is 96.0 Å². The van der Waals surface area contributed by atoms with Crippen LogP contribution in [-0.2, 0) is 4.74 Å². The smallest absolute Gasteiger partial charge is 0.125 e. The maximum Gasteiger partial charge on any atom is 0.125 e. The summed E-state index contributed by atoms with van der Waals surface area (Å²) in [5.74, 6) is 0.792. The average molecular weight is 222 g/mol. The Kier molecular flexibility index (Phi) is 3.17. The molecule has 1 heterocycles. The minimum Gasteiger partial charge on any atom is -0.487 e. The quantitative estimate of drug-likeness (QED) is 0.852. The number of para-hydroxylation sites is 1. The molecule has 2 rings (SSSR count). The fraction of sp³-hybridized carbons (Fsp3) is 0.538. The van der Waals surface area contributed by atoms with Gasteiger partial charge in [0.25, 0.3) is 0 Å². The third-order valence-electron chi connectivity index (χ3n) is 3.09. The maximum absolute atomic E-state index is 10.1. The van der Waals surface area contributed by atoms with Crippen LogP contribution in [0.15, 0.2) is 24.3 Å². The van der Waals surface area contributed by atoms with Gasteiger partial charge in [-0.25, -0.2) is 0 Å². The van der Waals surface area contributed by atoms with E-state index in [2.05, 4.69) is 0 Å². The van der Waals surface area contributed by atoms with Crippen LogP contribution >= 0.6 is 0 Å². The fourth-order valence-electron chi connectivity index (χ4n) is 2.15. The summed E-state index contributed by atoms with van der Waals surface area (Å²) in [5.41, 5.74) is 0.557. The largest absolute Gasteiger partial charge is 0.487 e. The highest BCUT2D eigenvalue weighted by Gasteiger charge is 2.35. The van der Waals surface area contributed by atoms with Gasteiger partial charge in [0.1, 0.15) is 11.4 Å².